The van der Waals surface area contributed by atoms with Crippen LogP contribution in [-0.2, 0) is 11.2 Å². The van der Waals surface area contributed by atoms with Gasteiger partial charge >= 0.3 is 0 Å². The number of carbonyl (C=O) groups excluding carboxylic acids is 2. The van der Waals surface area contributed by atoms with Gasteiger partial charge in [0.15, 0.2) is 0 Å². The van der Waals surface area contributed by atoms with Crippen molar-refractivity contribution < 1.29 is 18.4 Å². The molecule has 0 aliphatic heterocycles. The maximum Gasteiger partial charge on any atom is 0.257 e. The Hall–Kier alpha value is -2.27. The number of ketones is 1. The third kappa shape index (κ3) is 4.36. The van der Waals surface area contributed by atoms with Crippen molar-refractivity contribution in [2.75, 3.05) is 5.32 Å². The van der Waals surface area contributed by atoms with E-state index in [1.807, 2.05) is 0 Å². The van der Waals surface area contributed by atoms with Crippen LogP contribution in [0.5, 0.6) is 0 Å². The van der Waals surface area contributed by atoms with Gasteiger partial charge in [-0.15, -0.1) is 0 Å². The van der Waals surface area contributed by atoms with Gasteiger partial charge in [0, 0.05) is 24.6 Å². The first-order chi connectivity index (χ1) is 10.9. The van der Waals surface area contributed by atoms with Crippen LogP contribution in [0.25, 0.3) is 0 Å². The summed E-state index contributed by atoms with van der Waals surface area (Å²) < 4.78 is 26.4. The van der Waals surface area contributed by atoms with E-state index in [2.05, 4.69) is 5.32 Å². The van der Waals surface area contributed by atoms with Gasteiger partial charge in [-0.2, -0.15) is 0 Å². The molecular weight excluding hydrogens is 324 g/mol. The lowest BCUT2D eigenvalue weighted by Gasteiger charge is -2.11. The summed E-state index contributed by atoms with van der Waals surface area (Å²) in [5.74, 6) is -2.28. The van der Waals surface area contributed by atoms with Crippen LogP contribution in [0.1, 0.15) is 29.3 Å². The van der Waals surface area contributed by atoms with E-state index in [1.54, 1.807) is 19.1 Å². The van der Waals surface area contributed by atoms with Crippen LogP contribution in [0.4, 0.5) is 14.5 Å². The molecule has 0 saturated carbocycles. The number of nitrogens with one attached hydrogen (secondary N) is 1. The van der Waals surface area contributed by atoms with E-state index in [0.717, 1.165) is 12.1 Å². The lowest BCUT2D eigenvalue weighted by atomic mass is 10.0. The highest BCUT2D eigenvalue weighted by Crippen LogP contribution is 2.23. The highest BCUT2D eigenvalue weighted by Gasteiger charge is 2.17. The molecule has 0 heterocycles. The summed E-state index contributed by atoms with van der Waals surface area (Å²) in [5, 5.41) is 2.57. The van der Waals surface area contributed by atoms with Gasteiger partial charge < -0.3 is 5.32 Å². The Kier molecular flexibility index (Phi) is 5.45. The predicted octanol–water partition coefficient (Wildman–Crippen LogP) is 4.39. The van der Waals surface area contributed by atoms with E-state index < -0.39 is 17.5 Å². The second-order valence-electron chi connectivity index (χ2n) is 4.96. The van der Waals surface area contributed by atoms with Crippen molar-refractivity contribution in [3.63, 3.8) is 0 Å². The molecule has 0 unspecified atom stereocenters. The van der Waals surface area contributed by atoms with Crippen LogP contribution in [0.15, 0.2) is 36.4 Å². The minimum absolute atomic E-state index is 0.0276. The van der Waals surface area contributed by atoms with Crippen molar-refractivity contribution in [3.8, 4) is 0 Å². The fraction of sp³-hybridized carbons (Fsp3) is 0.176. The second kappa shape index (κ2) is 7.33. The molecule has 0 bridgehead atoms. The Bertz CT molecular complexity index is 742. The Labute approximate surface area is 137 Å². The number of halogens is 3. The molecule has 0 atom stereocenters. The molecular formula is C17H14ClF2NO2. The monoisotopic (exact) mass is 337 g/mol. The van der Waals surface area contributed by atoms with Crippen LogP contribution >= 0.6 is 11.6 Å². The fourth-order valence-electron chi connectivity index (χ4n) is 2.13. The van der Waals surface area contributed by atoms with Gasteiger partial charge in [-0.1, -0.05) is 30.7 Å². The van der Waals surface area contributed by atoms with Gasteiger partial charge in [0.05, 0.1) is 10.6 Å². The smallest absolute Gasteiger partial charge is 0.257 e. The Morgan fingerprint density at radius 2 is 1.78 bits per heavy atom. The molecule has 120 valence electrons. The quantitative estimate of drug-likeness (QED) is 0.879. The number of amides is 1. The molecule has 2 aromatic carbocycles. The first-order valence-electron chi connectivity index (χ1n) is 6.97. The van der Waals surface area contributed by atoms with Crippen LogP contribution in [0, 0.1) is 11.6 Å². The molecule has 0 radical (unpaired) electrons. The van der Waals surface area contributed by atoms with Gasteiger partial charge in [0.2, 0.25) is 0 Å². The first kappa shape index (κ1) is 17.1. The molecule has 1 amide bonds. The lowest BCUT2D eigenvalue weighted by molar-refractivity contribution is -0.118. The van der Waals surface area contributed by atoms with Gasteiger partial charge in [0.1, 0.15) is 17.4 Å². The fourth-order valence-corrected chi connectivity index (χ4v) is 2.41. The maximum absolute atomic E-state index is 13.2. The Balaban J connectivity index is 2.33. The molecule has 0 fully saturated rings. The normalized spacial score (nSPS) is 10.4. The zero-order chi connectivity index (χ0) is 17.0. The van der Waals surface area contributed by atoms with Crippen molar-refractivity contribution in [1.82, 2.24) is 0 Å². The van der Waals surface area contributed by atoms with Crippen molar-refractivity contribution in [1.29, 1.82) is 0 Å². The molecule has 1 N–H and O–H groups in total. The number of rotatable bonds is 5. The minimum atomic E-state index is -0.805. The van der Waals surface area contributed by atoms with Gasteiger partial charge in [-0.3, -0.25) is 9.59 Å². The van der Waals surface area contributed by atoms with Crippen LogP contribution in [0.2, 0.25) is 5.02 Å². The summed E-state index contributed by atoms with van der Waals surface area (Å²) in [4.78, 5) is 24.0. The zero-order valence-corrected chi connectivity index (χ0v) is 13.1. The summed E-state index contributed by atoms with van der Waals surface area (Å²) in [7, 11) is 0. The highest BCUT2D eigenvalue weighted by molar-refractivity contribution is 6.34. The summed E-state index contributed by atoms with van der Waals surface area (Å²) >= 11 is 6.06. The number of carbonyl (C=O) groups is 2. The van der Waals surface area contributed by atoms with E-state index in [9.17, 15) is 18.4 Å². The number of hydrogen-bond donors (Lipinski definition) is 1. The summed E-state index contributed by atoms with van der Waals surface area (Å²) in [6, 6.07) is 7.47. The van der Waals surface area contributed by atoms with Crippen molar-refractivity contribution in [2.24, 2.45) is 0 Å². The van der Waals surface area contributed by atoms with Gasteiger partial charge in [-0.05, 0) is 23.8 Å². The molecule has 2 rings (SSSR count). The summed E-state index contributed by atoms with van der Waals surface area (Å²) in [5.41, 5.74) is 0.569. The second-order valence-corrected chi connectivity index (χ2v) is 5.36. The number of Topliss-reactive ketones (excluding diaryl/α,β-unsaturated/α-hetero) is 1. The molecule has 0 aliphatic rings. The number of anilines is 1. The zero-order valence-electron chi connectivity index (χ0n) is 12.3. The summed E-state index contributed by atoms with van der Waals surface area (Å²) in [6.07, 6.45) is 0.403. The van der Waals surface area contributed by atoms with Crippen molar-refractivity contribution >= 4 is 29.0 Å². The number of benzene rings is 2. The average molecular weight is 338 g/mol. The lowest BCUT2D eigenvalue weighted by Crippen LogP contribution is -2.16. The van der Waals surface area contributed by atoms with Crippen molar-refractivity contribution in [3.05, 3.63) is 64.2 Å². The standard InChI is InChI=1S/C17H14ClF2NO2/c1-2-14(22)6-10-4-3-5-15(18)16(10)17(23)21-13-8-11(19)7-12(20)9-13/h3-5,7-9H,2,6H2,1H3,(H,21,23). The van der Waals surface area contributed by atoms with Crippen LogP contribution < -0.4 is 5.32 Å². The average Bonchev–Trinajstić information content (AvgIpc) is 2.45. The molecule has 0 saturated heterocycles. The van der Waals surface area contributed by atoms with E-state index >= 15 is 0 Å². The van der Waals surface area contributed by atoms with Crippen LogP contribution in [-0.4, -0.2) is 11.7 Å². The van der Waals surface area contributed by atoms with E-state index in [0.29, 0.717) is 18.1 Å². The predicted molar refractivity (Wildman–Crippen MR) is 84.8 cm³/mol. The highest BCUT2D eigenvalue weighted by atomic mass is 35.5. The SMILES string of the molecule is CCC(=O)Cc1cccc(Cl)c1C(=O)Nc1cc(F)cc(F)c1. The molecule has 6 heteroatoms. The summed E-state index contributed by atoms with van der Waals surface area (Å²) in [6.45, 7) is 1.72. The van der Waals surface area contributed by atoms with Gasteiger partial charge in [-0.25, -0.2) is 8.78 Å². The number of hydrogen-bond acceptors (Lipinski definition) is 2. The van der Waals surface area contributed by atoms with Gasteiger partial charge in [0.25, 0.3) is 5.91 Å². The third-order valence-corrected chi connectivity index (χ3v) is 3.54. The molecule has 2 aromatic rings. The maximum atomic E-state index is 13.2. The third-order valence-electron chi connectivity index (χ3n) is 3.23. The van der Waals surface area contributed by atoms with E-state index in [4.69, 9.17) is 11.6 Å². The van der Waals surface area contributed by atoms with Crippen LogP contribution in [0.3, 0.4) is 0 Å². The Morgan fingerprint density at radius 3 is 2.39 bits per heavy atom. The van der Waals surface area contributed by atoms with E-state index in [1.165, 1.54) is 6.07 Å². The molecule has 3 nitrogen and oxygen atoms in total. The molecule has 0 aromatic heterocycles. The van der Waals surface area contributed by atoms with Crippen molar-refractivity contribution in [2.45, 2.75) is 19.8 Å². The molecule has 23 heavy (non-hydrogen) atoms. The molecule has 0 spiro atoms. The Morgan fingerprint density at radius 1 is 1.13 bits per heavy atom. The van der Waals surface area contributed by atoms with E-state index in [-0.39, 0.29) is 28.5 Å². The minimum Gasteiger partial charge on any atom is -0.322 e. The first-order valence-corrected chi connectivity index (χ1v) is 7.35. The molecule has 0 aliphatic carbocycles. The largest absolute Gasteiger partial charge is 0.322 e. The topological polar surface area (TPSA) is 46.2 Å².